The van der Waals surface area contributed by atoms with E-state index >= 15 is 0 Å². The van der Waals surface area contributed by atoms with Gasteiger partial charge in [0.25, 0.3) is 5.91 Å². The fourth-order valence-electron chi connectivity index (χ4n) is 2.54. The van der Waals surface area contributed by atoms with Crippen LogP contribution in [0.2, 0.25) is 0 Å². The van der Waals surface area contributed by atoms with Crippen molar-refractivity contribution in [1.82, 2.24) is 9.78 Å². The van der Waals surface area contributed by atoms with Gasteiger partial charge < -0.3 is 10.6 Å². The number of amides is 2. The molecular formula is C20H20N4O2. The highest BCUT2D eigenvalue weighted by Gasteiger charge is 2.15. The van der Waals surface area contributed by atoms with E-state index in [0.717, 1.165) is 5.56 Å². The van der Waals surface area contributed by atoms with Gasteiger partial charge in [-0.05, 0) is 50.2 Å². The van der Waals surface area contributed by atoms with Crippen molar-refractivity contribution in [3.05, 3.63) is 78.1 Å². The molecule has 2 amide bonds. The van der Waals surface area contributed by atoms with Crippen LogP contribution < -0.4 is 10.6 Å². The molecule has 6 nitrogen and oxygen atoms in total. The Balaban J connectivity index is 1.68. The van der Waals surface area contributed by atoms with Gasteiger partial charge >= 0.3 is 0 Å². The van der Waals surface area contributed by atoms with Crippen LogP contribution in [0, 0.1) is 6.92 Å². The molecule has 1 atom stereocenters. The monoisotopic (exact) mass is 348 g/mol. The molecule has 26 heavy (non-hydrogen) atoms. The Morgan fingerprint density at radius 2 is 1.73 bits per heavy atom. The molecule has 0 saturated heterocycles. The number of carbonyl (C=O) groups excluding carboxylic acids is 2. The van der Waals surface area contributed by atoms with Gasteiger partial charge in [-0.25, -0.2) is 0 Å². The Hall–Kier alpha value is -3.41. The number of hydrogen-bond acceptors (Lipinski definition) is 3. The fourth-order valence-corrected chi connectivity index (χ4v) is 2.54. The maximum absolute atomic E-state index is 12.4. The van der Waals surface area contributed by atoms with Crippen LogP contribution in [0.5, 0.6) is 0 Å². The minimum Gasteiger partial charge on any atom is -0.324 e. The zero-order chi connectivity index (χ0) is 18.5. The normalized spacial score (nSPS) is 11.6. The van der Waals surface area contributed by atoms with Crippen molar-refractivity contribution in [3.63, 3.8) is 0 Å². The van der Waals surface area contributed by atoms with Gasteiger partial charge in [0.15, 0.2) is 0 Å². The molecular weight excluding hydrogens is 328 g/mol. The van der Waals surface area contributed by atoms with E-state index in [2.05, 4.69) is 15.7 Å². The number of anilines is 2. The predicted octanol–water partition coefficient (Wildman–Crippen LogP) is 3.64. The molecule has 2 N–H and O–H groups in total. The van der Waals surface area contributed by atoms with Crippen LogP contribution in [-0.4, -0.2) is 21.6 Å². The van der Waals surface area contributed by atoms with Gasteiger partial charge in [0, 0.05) is 29.3 Å². The van der Waals surface area contributed by atoms with Gasteiger partial charge in [0.2, 0.25) is 5.91 Å². The van der Waals surface area contributed by atoms with E-state index in [-0.39, 0.29) is 11.8 Å². The van der Waals surface area contributed by atoms with E-state index in [4.69, 9.17) is 0 Å². The lowest BCUT2D eigenvalue weighted by atomic mass is 10.1. The molecule has 132 valence electrons. The predicted molar refractivity (Wildman–Crippen MR) is 101 cm³/mol. The average molecular weight is 348 g/mol. The van der Waals surface area contributed by atoms with Gasteiger partial charge in [0.05, 0.1) is 0 Å². The maximum Gasteiger partial charge on any atom is 0.255 e. The Labute approximate surface area is 151 Å². The second-order valence-electron chi connectivity index (χ2n) is 6.06. The Bertz CT molecular complexity index is 919. The molecule has 0 unspecified atom stereocenters. The van der Waals surface area contributed by atoms with Crippen molar-refractivity contribution in [2.45, 2.75) is 19.9 Å². The third-order valence-electron chi connectivity index (χ3n) is 3.97. The van der Waals surface area contributed by atoms with Crippen molar-refractivity contribution in [3.8, 4) is 0 Å². The van der Waals surface area contributed by atoms with E-state index in [1.54, 1.807) is 60.4 Å². The van der Waals surface area contributed by atoms with Gasteiger partial charge in [-0.1, -0.05) is 23.8 Å². The molecule has 0 bridgehead atoms. The third-order valence-corrected chi connectivity index (χ3v) is 3.97. The van der Waals surface area contributed by atoms with Gasteiger partial charge in [-0.3, -0.25) is 14.3 Å². The highest BCUT2D eigenvalue weighted by atomic mass is 16.2. The van der Waals surface area contributed by atoms with E-state index in [1.807, 2.05) is 25.1 Å². The summed E-state index contributed by atoms with van der Waals surface area (Å²) in [7, 11) is 0. The topological polar surface area (TPSA) is 76.0 Å². The SMILES string of the molecule is Cc1cccc(C(=O)Nc2cccc(NC(=O)[C@@H](C)n3cccn3)c2)c1. The zero-order valence-electron chi connectivity index (χ0n) is 14.6. The molecule has 1 heterocycles. The second-order valence-corrected chi connectivity index (χ2v) is 6.06. The molecule has 2 aromatic carbocycles. The van der Waals surface area contributed by atoms with Crippen molar-refractivity contribution in [1.29, 1.82) is 0 Å². The van der Waals surface area contributed by atoms with E-state index < -0.39 is 6.04 Å². The van der Waals surface area contributed by atoms with Crippen LogP contribution in [0.15, 0.2) is 67.0 Å². The van der Waals surface area contributed by atoms with Crippen molar-refractivity contribution in [2.24, 2.45) is 0 Å². The number of rotatable bonds is 5. The molecule has 0 aliphatic rings. The lowest BCUT2D eigenvalue weighted by molar-refractivity contribution is -0.119. The number of aromatic nitrogens is 2. The van der Waals surface area contributed by atoms with E-state index in [0.29, 0.717) is 16.9 Å². The standard InChI is InChI=1S/C20H20N4O2/c1-14-6-3-7-16(12-14)20(26)23-18-9-4-8-17(13-18)22-19(25)15(2)24-11-5-10-21-24/h3-13,15H,1-2H3,(H,22,25)(H,23,26)/t15-/m1/s1. The molecule has 0 radical (unpaired) electrons. The summed E-state index contributed by atoms with van der Waals surface area (Å²) >= 11 is 0. The largest absolute Gasteiger partial charge is 0.324 e. The first kappa shape index (κ1) is 17.4. The molecule has 1 aromatic heterocycles. The summed E-state index contributed by atoms with van der Waals surface area (Å²) in [4.78, 5) is 24.7. The number of carbonyl (C=O) groups is 2. The highest BCUT2D eigenvalue weighted by Crippen LogP contribution is 2.18. The van der Waals surface area contributed by atoms with E-state index in [1.165, 1.54) is 0 Å². The Morgan fingerprint density at radius 3 is 2.42 bits per heavy atom. The molecule has 0 fully saturated rings. The fraction of sp³-hybridized carbons (Fsp3) is 0.150. The van der Waals surface area contributed by atoms with E-state index in [9.17, 15) is 9.59 Å². The summed E-state index contributed by atoms with van der Waals surface area (Å²) in [6, 6.07) is 15.8. The highest BCUT2D eigenvalue weighted by molar-refractivity contribution is 6.04. The first-order chi connectivity index (χ1) is 12.5. The maximum atomic E-state index is 12.4. The summed E-state index contributed by atoms with van der Waals surface area (Å²) < 4.78 is 1.58. The summed E-state index contributed by atoms with van der Waals surface area (Å²) in [6.07, 6.45) is 3.37. The Morgan fingerprint density at radius 1 is 1.00 bits per heavy atom. The molecule has 3 aromatic rings. The third kappa shape index (κ3) is 4.16. The summed E-state index contributed by atoms with van der Waals surface area (Å²) in [5, 5.41) is 9.76. The Kier molecular flexibility index (Phi) is 5.12. The first-order valence-corrected chi connectivity index (χ1v) is 8.31. The lowest BCUT2D eigenvalue weighted by Gasteiger charge is -2.13. The number of benzene rings is 2. The van der Waals surface area contributed by atoms with Crippen molar-refractivity contribution in [2.75, 3.05) is 10.6 Å². The number of aryl methyl sites for hydroxylation is 1. The molecule has 6 heteroatoms. The molecule has 3 rings (SSSR count). The molecule has 0 saturated carbocycles. The molecule has 0 spiro atoms. The van der Waals surface area contributed by atoms with Crippen LogP contribution in [-0.2, 0) is 4.79 Å². The van der Waals surface area contributed by atoms with Crippen LogP contribution in [0.25, 0.3) is 0 Å². The van der Waals surface area contributed by atoms with Gasteiger partial charge in [-0.15, -0.1) is 0 Å². The lowest BCUT2D eigenvalue weighted by Crippen LogP contribution is -2.24. The number of nitrogens with zero attached hydrogens (tertiary/aromatic N) is 2. The first-order valence-electron chi connectivity index (χ1n) is 8.31. The minimum absolute atomic E-state index is 0.184. The minimum atomic E-state index is -0.435. The van der Waals surface area contributed by atoms with Crippen LogP contribution in [0.1, 0.15) is 28.9 Å². The van der Waals surface area contributed by atoms with Crippen LogP contribution in [0.4, 0.5) is 11.4 Å². The molecule has 0 aliphatic carbocycles. The van der Waals surface area contributed by atoms with Gasteiger partial charge in [-0.2, -0.15) is 5.10 Å². The smallest absolute Gasteiger partial charge is 0.255 e. The summed E-state index contributed by atoms with van der Waals surface area (Å²) in [5.41, 5.74) is 2.83. The summed E-state index contributed by atoms with van der Waals surface area (Å²) in [6.45, 7) is 3.71. The zero-order valence-corrected chi connectivity index (χ0v) is 14.6. The molecule has 0 aliphatic heterocycles. The average Bonchev–Trinajstić information content (AvgIpc) is 3.16. The van der Waals surface area contributed by atoms with Crippen LogP contribution in [0.3, 0.4) is 0 Å². The quantitative estimate of drug-likeness (QED) is 0.739. The number of hydrogen-bond donors (Lipinski definition) is 2. The van der Waals surface area contributed by atoms with Crippen LogP contribution >= 0.6 is 0 Å². The van der Waals surface area contributed by atoms with Crippen molar-refractivity contribution < 1.29 is 9.59 Å². The van der Waals surface area contributed by atoms with Gasteiger partial charge in [0.1, 0.15) is 6.04 Å². The van der Waals surface area contributed by atoms with Crippen molar-refractivity contribution >= 4 is 23.2 Å². The second kappa shape index (κ2) is 7.65. The number of nitrogens with one attached hydrogen (secondary N) is 2. The summed E-state index contributed by atoms with van der Waals surface area (Å²) in [5.74, 6) is -0.377.